The minimum Gasteiger partial charge on any atom is -0.398 e. The van der Waals surface area contributed by atoms with Crippen LogP contribution in [-0.4, -0.2) is 16.5 Å². The van der Waals surface area contributed by atoms with E-state index in [-0.39, 0.29) is 16.4 Å². The Bertz CT molecular complexity index is 1420. The van der Waals surface area contributed by atoms with Crippen LogP contribution in [0.15, 0.2) is 89.5 Å². The predicted octanol–water partition coefficient (Wildman–Crippen LogP) is 8.43. The zero-order valence-corrected chi connectivity index (χ0v) is 24.7. The third-order valence-corrected chi connectivity index (χ3v) is 7.61. The molecule has 2 aromatic rings. The van der Waals surface area contributed by atoms with Gasteiger partial charge in [-0.05, 0) is 82.4 Å². The van der Waals surface area contributed by atoms with Crippen LogP contribution in [0.5, 0.6) is 0 Å². The molecule has 1 aliphatic heterocycles. The third-order valence-electron chi connectivity index (χ3n) is 7.61. The number of benzene rings is 2. The van der Waals surface area contributed by atoms with Gasteiger partial charge in [0.25, 0.3) is 0 Å². The van der Waals surface area contributed by atoms with Crippen molar-refractivity contribution in [1.29, 1.82) is 0 Å². The first-order valence-corrected chi connectivity index (χ1v) is 13.7. The summed E-state index contributed by atoms with van der Waals surface area (Å²) < 4.78 is 0. The Hall–Kier alpha value is -3.63. The van der Waals surface area contributed by atoms with E-state index in [9.17, 15) is 5.21 Å². The number of nitrogens with two attached hydrogens (primary N) is 1. The quantitative estimate of drug-likeness (QED) is 0.264. The van der Waals surface area contributed by atoms with Gasteiger partial charge in [-0.15, -0.1) is 0 Å². The number of anilines is 1. The third kappa shape index (κ3) is 6.34. The van der Waals surface area contributed by atoms with Crippen molar-refractivity contribution in [2.45, 2.75) is 78.2 Å². The van der Waals surface area contributed by atoms with E-state index >= 15 is 0 Å². The monoisotopic (exact) mass is 521 g/mol. The van der Waals surface area contributed by atoms with E-state index in [0.717, 1.165) is 28.0 Å². The van der Waals surface area contributed by atoms with Gasteiger partial charge in [-0.1, -0.05) is 96.2 Å². The van der Waals surface area contributed by atoms with Gasteiger partial charge in [-0.3, -0.25) is 15.7 Å². The molecule has 2 aliphatic rings. The summed E-state index contributed by atoms with van der Waals surface area (Å²) in [6, 6.07) is 12.6. The minimum atomic E-state index is -0.284. The molecule has 0 bridgehead atoms. The maximum Gasteiger partial charge on any atom is 0.102 e. The van der Waals surface area contributed by atoms with Gasteiger partial charge in [0.15, 0.2) is 0 Å². The molecule has 4 nitrogen and oxygen atoms in total. The van der Waals surface area contributed by atoms with Crippen molar-refractivity contribution < 1.29 is 5.21 Å². The van der Waals surface area contributed by atoms with Gasteiger partial charge in [0.05, 0.1) is 5.69 Å². The first-order valence-electron chi connectivity index (χ1n) is 13.7. The molecule has 4 N–H and O–H groups in total. The molecule has 0 saturated carbocycles. The zero-order chi connectivity index (χ0) is 28.6. The molecule has 0 fully saturated rings. The summed E-state index contributed by atoms with van der Waals surface area (Å²) in [4.78, 5) is 5.05. The number of hydrogen-bond donors (Lipinski definition) is 3. The molecule has 0 spiro atoms. The second-order valence-electron chi connectivity index (χ2n) is 13.0. The van der Waals surface area contributed by atoms with Crippen LogP contribution >= 0.6 is 0 Å². The lowest BCUT2D eigenvalue weighted by Gasteiger charge is -2.26. The predicted molar refractivity (Wildman–Crippen MR) is 167 cm³/mol. The molecule has 204 valence electrons. The molecule has 1 atom stereocenters. The Labute approximate surface area is 234 Å². The van der Waals surface area contributed by atoms with Gasteiger partial charge in [0.1, 0.15) is 5.54 Å². The molecule has 1 aliphatic carbocycles. The average Bonchev–Trinajstić information content (AvgIpc) is 3.21. The Balaban J connectivity index is 1.86. The van der Waals surface area contributed by atoms with Crippen molar-refractivity contribution in [1.82, 2.24) is 0 Å². The van der Waals surface area contributed by atoms with Gasteiger partial charge in [-0.2, -0.15) is 0 Å². The van der Waals surface area contributed by atoms with Gasteiger partial charge < -0.3 is 5.73 Å². The Morgan fingerprint density at radius 2 is 1.67 bits per heavy atom. The van der Waals surface area contributed by atoms with E-state index in [1.807, 2.05) is 25.1 Å². The van der Waals surface area contributed by atoms with Crippen molar-refractivity contribution in [3.05, 3.63) is 112 Å². The molecule has 0 radical (unpaired) electrons. The summed E-state index contributed by atoms with van der Waals surface area (Å²) in [5.74, 6) is 0. The molecule has 1 unspecified atom stereocenters. The minimum absolute atomic E-state index is 0.00297. The number of allylic oxidation sites excluding steroid dienone is 6. The van der Waals surface area contributed by atoms with Crippen LogP contribution in [0.3, 0.4) is 0 Å². The summed E-state index contributed by atoms with van der Waals surface area (Å²) in [5.41, 5.74) is 18.9. The highest BCUT2D eigenvalue weighted by molar-refractivity contribution is 6.01. The summed E-state index contributed by atoms with van der Waals surface area (Å²) in [5, 5.41) is 9.47. The van der Waals surface area contributed by atoms with E-state index in [1.54, 1.807) is 0 Å². The number of hydrogen-bond acceptors (Lipinski definition) is 4. The summed E-state index contributed by atoms with van der Waals surface area (Å²) >= 11 is 0. The van der Waals surface area contributed by atoms with E-state index in [1.165, 1.54) is 16.7 Å². The van der Waals surface area contributed by atoms with Crippen molar-refractivity contribution in [2.75, 3.05) is 5.48 Å². The highest BCUT2D eigenvalue weighted by atomic mass is 16.5. The van der Waals surface area contributed by atoms with Crippen LogP contribution in [0.4, 0.5) is 5.69 Å². The molecule has 2 aromatic carbocycles. The van der Waals surface area contributed by atoms with Crippen LogP contribution in [0.25, 0.3) is 11.3 Å². The van der Waals surface area contributed by atoms with Crippen LogP contribution in [0.1, 0.15) is 82.7 Å². The topological polar surface area (TPSA) is 70.6 Å². The Morgan fingerprint density at radius 1 is 1.00 bits per heavy atom. The van der Waals surface area contributed by atoms with Gasteiger partial charge in [0, 0.05) is 23.4 Å². The lowest BCUT2D eigenvalue weighted by Crippen LogP contribution is -2.19. The largest absolute Gasteiger partial charge is 0.398 e. The van der Waals surface area contributed by atoms with Crippen LogP contribution < -0.4 is 11.2 Å². The molecular formula is C35H43N3O. The molecule has 4 rings (SSSR count). The zero-order valence-electron chi connectivity index (χ0n) is 24.7. The highest BCUT2D eigenvalue weighted by Gasteiger charge is 2.30. The number of rotatable bonds is 6. The maximum absolute atomic E-state index is 9.47. The first-order chi connectivity index (χ1) is 18.2. The Morgan fingerprint density at radius 3 is 2.26 bits per heavy atom. The fraction of sp³-hybridized carbons (Fsp3) is 0.343. The van der Waals surface area contributed by atoms with E-state index in [4.69, 9.17) is 10.7 Å². The van der Waals surface area contributed by atoms with Gasteiger partial charge in [0.2, 0.25) is 0 Å². The number of fused-ring (bicyclic) bond motifs is 1. The smallest absolute Gasteiger partial charge is 0.102 e. The van der Waals surface area contributed by atoms with Crippen LogP contribution in [0, 0.1) is 6.92 Å². The second kappa shape index (κ2) is 10.5. The number of nitrogens with zero attached hydrogens (tertiary/aromatic N) is 1. The van der Waals surface area contributed by atoms with E-state index < -0.39 is 0 Å². The Kier molecular flexibility index (Phi) is 7.64. The van der Waals surface area contributed by atoms with Crippen molar-refractivity contribution in [2.24, 2.45) is 10.7 Å². The second-order valence-corrected chi connectivity index (χ2v) is 13.0. The van der Waals surface area contributed by atoms with Crippen LogP contribution in [0.2, 0.25) is 0 Å². The lowest BCUT2D eigenvalue weighted by molar-refractivity contribution is 0.389. The summed E-state index contributed by atoms with van der Waals surface area (Å²) in [6.07, 6.45) is 15.6. The molecular weight excluding hydrogens is 478 g/mol. The number of nitrogens with one attached hydrogen (secondary N) is 1. The average molecular weight is 522 g/mol. The van der Waals surface area contributed by atoms with Gasteiger partial charge >= 0.3 is 0 Å². The van der Waals surface area contributed by atoms with Crippen molar-refractivity contribution in [3.8, 4) is 0 Å². The standard InChI is InChI=1S/C35H43N3O/c1-23-12-14-30(38-39)22-31(23)32(36)19-24(13-15-29-21-26-11-9-10-16-35(26,8)37-29)25-17-27(33(2,3)4)20-28(18-25)34(5,6)7/h9-14,16-22,38-39H,15,36H2,1-8H3/b24-13+,32-19-. The number of aryl methyl sites for hydroxylation is 1. The maximum atomic E-state index is 9.47. The molecule has 4 heteroatoms. The van der Waals surface area contributed by atoms with E-state index in [2.05, 4.69) is 115 Å². The van der Waals surface area contributed by atoms with Crippen LogP contribution in [-0.2, 0) is 10.8 Å². The summed E-state index contributed by atoms with van der Waals surface area (Å²) in [6.45, 7) is 17.7. The highest BCUT2D eigenvalue weighted by Crippen LogP contribution is 2.36. The SMILES string of the molecule is Cc1ccc(NO)cc1/C(N)=C/C(=C\CC1=NC2(C)C=CC=CC2=C1)c1cc(C(C)(C)C)cc(C(C)(C)C)c1. The molecule has 0 aromatic heterocycles. The molecule has 0 saturated heterocycles. The fourth-order valence-electron chi connectivity index (χ4n) is 4.96. The molecule has 1 heterocycles. The molecule has 0 amide bonds. The first kappa shape index (κ1) is 28.4. The fourth-order valence-corrected chi connectivity index (χ4v) is 4.96. The van der Waals surface area contributed by atoms with E-state index in [0.29, 0.717) is 17.8 Å². The van der Waals surface area contributed by atoms with Crippen molar-refractivity contribution in [3.63, 3.8) is 0 Å². The number of aliphatic imine (C=N–C) groups is 1. The molecule has 39 heavy (non-hydrogen) atoms. The van der Waals surface area contributed by atoms with Gasteiger partial charge in [-0.25, -0.2) is 0 Å². The normalized spacial score (nSPS) is 19.6. The summed E-state index contributed by atoms with van der Waals surface area (Å²) in [7, 11) is 0. The lowest BCUT2D eigenvalue weighted by atomic mass is 9.78. The van der Waals surface area contributed by atoms with Crippen molar-refractivity contribution >= 4 is 22.7 Å².